The van der Waals surface area contributed by atoms with Gasteiger partial charge < -0.3 is 10.0 Å². The van der Waals surface area contributed by atoms with Crippen LogP contribution in [0.5, 0.6) is 0 Å². The summed E-state index contributed by atoms with van der Waals surface area (Å²) in [5, 5.41) is 10.0. The van der Waals surface area contributed by atoms with Gasteiger partial charge in [-0.1, -0.05) is 24.3 Å². The zero-order valence-corrected chi connectivity index (χ0v) is 9.44. The topological polar surface area (TPSA) is 26.7 Å². The lowest BCUT2D eigenvalue weighted by atomic mass is 9.86. The van der Waals surface area contributed by atoms with Crippen LogP contribution in [0.2, 0.25) is 0 Å². The maximum Gasteiger partial charge on any atom is 0.0956 e. The van der Waals surface area contributed by atoms with E-state index >= 15 is 0 Å². The summed E-state index contributed by atoms with van der Waals surface area (Å²) < 4.78 is 0. The van der Waals surface area contributed by atoms with Gasteiger partial charge in [-0.25, -0.2) is 0 Å². The Morgan fingerprint density at radius 2 is 1.86 bits per heavy atom. The molecule has 0 aromatic rings. The standard InChI is InChI=1S/C11H20N2O/c1-12(2)9-11(13(3)4)8-6-5-7-10(11)14/h5-8,10,14H,9H2,1-4H3. The van der Waals surface area contributed by atoms with Crippen molar-refractivity contribution in [1.29, 1.82) is 0 Å². The largest absolute Gasteiger partial charge is 0.387 e. The lowest BCUT2D eigenvalue weighted by Crippen LogP contribution is -2.57. The molecular formula is C11H20N2O. The van der Waals surface area contributed by atoms with E-state index in [0.29, 0.717) is 0 Å². The quantitative estimate of drug-likeness (QED) is 0.705. The lowest BCUT2D eigenvalue weighted by Gasteiger charge is -2.43. The highest BCUT2D eigenvalue weighted by atomic mass is 16.3. The normalized spacial score (nSPS) is 31.8. The van der Waals surface area contributed by atoms with E-state index in [1.54, 1.807) is 0 Å². The summed E-state index contributed by atoms with van der Waals surface area (Å²) in [6.45, 7) is 0.808. The van der Waals surface area contributed by atoms with Crippen molar-refractivity contribution >= 4 is 0 Å². The lowest BCUT2D eigenvalue weighted by molar-refractivity contribution is 0.0367. The van der Waals surface area contributed by atoms with Gasteiger partial charge in [0.05, 0.1) is 11.6 Å². The molecule has 0 heterocycles. The number of allylic oxidation sites excluding steroid dienone is 2. The molecule has 0 spiro atoms. The van der Waals surface area contributed by atoms with Crippen LogP contribution in [-0.2, 0) is 0 Å². The van der Waals surface area contributed by atoms with Gasteiger partial charge in [0.15, 0.2) is 0 Å². The molecule has 2 unspecified atom stereocenters. The highest BCUT2D eigenvalue weighted by Gasteiger charge is 2.37. The summed E-state index contributed by atoms with van der Waals surface area (Å²) in [6, 6.07) is 0. The van der Waals surface area contributed by atoms with Gasteiger partial charge in [-0.2, -0.15) is 0 Å². The fraction of sp³-hybridized carbons (Fsp3) is 0.636. The predicted molar refractivity (Wildman–Crippen MR) is 59.3 cm³/mol. The summed E-state index contributed by atoms with van der Waals surface area (Å²) in [6.07, 6.45) is 7.35. The van der Waals surface area contributed by atoms with Crippen LogP contribution >= 0.6 is 0 Å². The minimum absolute atomic E-state index is 0.293. The van der Waals surface area contributed by atoms with Crippen LogP contribution in [0.1, 0.15) is 0 Å². The Kier molecular flexibility index (Phi) is 3.48. The first-order valence-corrected chi connectivity index (χ1v) is 4.85. The highest BCUT2D eigenvalue weighted by Crippen LogP contribution is 2.24. The number of hydrogen-bond donors (Lipinski definition) is 1. The van der Waals surface area contributed by atoms with Gasteiger partial charge in [0.1, 0.15) is 0 Å². The monoisotopic (exact) mass is 196 g/mol. The first kappa shape index (κ1) is 11.4. The van der Waals surface area contributed by atoms with Crippen molar-refractivity contribution in [3.63, 3.8) is 0 Å². The summed E-state index contributed by atoms with van der Waals surface area (Å²) >= 11 is 0. The molecule has 1 N–H and O–H groups in total. The zero-order valence-electron chi connectivity index (χ0n) is 9.44. The summed E-state index contributed by atoms with van der Waals surface area (Å²) in [5.74, 6) is 0. The van der Waals surface area contributed by atoms with Gasteiger partial charge in [-0.05, 0) is 28.2 Å². The van der Waals surface area contributed by atoms with Crippen molar-refractivity contribution in [3.05, 3.63) is 24.3 Å². The third-order valence-electron chi connectivity index (χ3n) is 2.70. The molecule has 0 aromatic heterocycles. The average Bonchev–Trinajstić information content (AvgIpc) is 2.08. The van der Waals surface area contributed by atoms with E-state index in [0.717, 1.165) is 6.54 Å². The van der Waals surface area contributed by atoms with E-state index in [4.69, 9.17) is 0 Å². The second kappa shape index (κ2) is 4.26. The highest BCUT2D eigenvalue weighted by molar-refractivity contribution is 5.26. The second-order valence-corrected chi connectivity index (χ2v) is 4.31. The van der Waals surface area contributed by atoms with Crippen LogP contribution in [0, 0.1) is 0 Å². The van der Waals surface area contributed by atoms with Crippen molar-refractivity contribution in [3.8, 4) is 0 Å². The van der Waals surface area contributed by atoms with Crippen molar-refractivity contribution in [2.45, 2.75) is 11.6 Å². The van der Waals surface area contributed by atoms with Crippen molar-refractivity contribution in [1.82, 2.24) is 9.80 Å². The molecule has 0 amide bonds. The Morgan fingerprint density at radius 1 is 1.21 bits per heavy atom. The van der Waals surface area contributed by atoms with Gasteiger partial charge in [0.2, 0.25) is 0 Å². The minimum atomic E-state index is -0.440. The number of hydrogen-bond acceptors (Lipinski definition) is 3. The fourth-order valence-corrected chi connectivity index (χ4v) is 1.86. The van der Waals surface area contributed by atoms with Crippen LogP contribution in [0.4, 0.5) is 0 Å². The number of rotatable bonds is 3. The Hall–Kier alpha value is -0.640. The van der Waals surface area contributed by atoms with Crippen LogP contribution < -0.4 is 0 Å². The molecule has 0 bridgehead atoms. The van der Waals surface area contributed by atoms with E-state index < -0.39 is 6.10 Å². The molecule has 0 fully saturated rings. The molecule has 80 valence electrons. The molecule has 0 aromatic carbocycles. The zero-order chi connectivity index (χ0) is 10.8. The maximum absolute atomic E-state index is 10.0. The van der Waals surface area contributed by atoms with Crippen molar-refractivity contribution in [2.75, 3.05) is 34.7 Å². The second-order valence-electron chi connectivity index (χ2n) is 4.31. The molecule has 3 nitrogen and oxygen atoms in total. The average molecular weight is 196 g/mol. The molecule has 1 aliphatic rings. The Labute approximate surface area is 86.3 Å². The van der Waals surface area contributed by atoms with Crippen LogP contribution in [0.3, 0.4) is 0 Å². The molecule has 0 saturated heterocycles. The summed E-state index contributed by atoms with van der Waals surface area (Å²) in [7, 11) is 8.03. The number of nitrogens with zero attached hydrogens (tertiary/aromatic N) is 2. The maximum atomic E-state index is 10.0. The van der Waals surface area contributed by atoms with E-state index in [2.05, 4.69) is 15.9 Å². The number of aliphatic hydroxyl groups excluding tert-OH is 1. The molecule has 1 aliphatic carbocycles. The smallest absolute Gasteiger partial charge is 0.0956 e. The van der Waals surface area contributed by atoms with Gasteiger partial charge >= 0.3 is 0 Å². The van der Waals surface area contributed by atoms with Gasteiger partial charge in [-0.3, -0.25) is 4.90 Å². The summed E-state index contributed by atoms with van der Waals surface area (Å²) in [5.41, 5.74) is -0.293. The minimum Gasteiger partial charge on any atom is -0.387 e. The molecule has 0 saturated carbocycles. The van der Waals surface area contributed by atoms with E-state index in [1.165, 1.54) is 0 Å². The first-order chi connectivity index (χ1) is 6.49. The molecule has 1 rings (SSSR count). The van der Waals surface area contributed by atoms with E-state index in [9.17, 15) is 5.11 Å². The van der Waals surface area contributed by atoms with Gasteiger partial charge in [-0.15, -0.1) is 0 Å². The van der Waals surface area contributed by atoms with Crippen molar-refractivity contribution in [2.24, 2.45) is 0 Å². The Bertz CT molecular complexity index is 246. The van der Waals surface area contributed by atoms with Crippen molar-refractivity contribution < 1.29 is 5.11 Å². The van der Waals surface area contributed by atoms with Gasteiger partial charge in [0, 0.05) is 6.54 Å². The van der Waals surface area contributed by atoms with Gasteiger partial charge in [0.25, 0.3) is 0 Å². The van der Waals surface area contributed by atoms with Crippen LogP contribution in [-0.4, -0.2) is 61.3 Å². The fourth-order valence-electron chi connectivity index (χ4n) is 1.86. The molecule has 14 heavy (non-hydrogen) atoms. The van der Waals surface area contributed by atoms with E-state index in [-0.39, 0.29) is 5.54 Å². The molecule has 2 atom stereocenters. The Balaban J connectivity index is 2.92. The number of likely N-dealkylation sites (N-methyl/N-ethyl adjacent to an activating group) is 2. The molecule has 0 aliphatic heterocycles. The summed E-state index contributed by atoms with van der Waals surface area (Å²) in [4.78, 5) is 4.16. The van der Waals surface area contributed by atoms with Crippen LogP contribution in [0.15, 0.2) is 24.3 Å². The number of aliphatic hydroxyl groups is 1. The van der Waals surface area contributed by atoms with Crippen LogP contribution in [0.25, 0.3) is 0 Å². The van der Waals surface area contributed by atoms with E-state index in [1.807, 2.05) is 46.4 Å². The first-order valence-electron chi connectivity index (χ1n) is 4.85. The Morgan fingerprint density at radius 3 is 2.29 bits per heavy atom. The predicted octanol–water partition coefficient (Wildman–Crippen LogP) is 0.335. The SMILES string of the molecule is CN(C)CC1(N(C)C)C=CC=CC1O. The molecular weight excluding hydrogens is 176 g/mol. The molecule has 3 heteroatoms. The molecule has 0 radical (unpaired) electrons. The third-order valence-corrected chi connectivity index (χ3v) is 2.70. The third kappa shape index (κ3) is 2.05.